The second kappa shape index (κ2) is 6.31. The maximum absolute atomic E-state index is 11.5. The summed E-state index contributed by atoms with van der Waals surface area (Å²) in [6, 6.07) is 9.95. The summed E-state index contributed by atoms with van der Waals surface area (Å²) in [7, 11) is 0. The van der Waals surface area contributed by atoms with Crippen LogP contribution in [0.4, 0.5) is 0 Å². The third-order valence-corrected chi connectivity index (χ3v) is 2.02. The van der Waals surface area contributed by atoms with Crippen LogP contribution in [0, 0.1) is 5.41 Å². The van der Waals surface area contributed by atoms with Crippen LogP contribution in [0.2, 0.25) is 0 Å². The number of carbonyl (C=O) groups is 1. The van der Waals surface area contributed by atoms with Crippen LogP contribution in [-0.4, -0.2) is 5.91 Å². The maximum Gasteiger partial charge on any atom is 0.220 e. The molecule has 0 saturated carbocycles. The number of hydrogen-bond donors (Lipinski definition) is 1. The summed E-state index contributed by atoms with van der Waals surface area (Å²) < 4.78 is 0. The van der Waals surface area contributed by atoms with Gasteiger partial charge >= 0.3 is 0 Å². The normalized spacial score (nSPS) is 10.4. The SMILES string of the molecule is C.CC(C)(C)CC(=O)NCc1ccccc1. The van der Waals surface area contributed by atoms with E-state index in [1.165, 1.54) is 0 Å². The molecule has 0 aliphatic heterocycles. The van der Waals surface area contributed by atoms with Crippen LogP contribution in [0.1, 0.15) is 40.2 Å². The second-order valence-electron chi connectivity index (χ2n) is 5.00. The van der Waals surface area contributed by atoms with Crippen molar-refractivity contribution in [3.63, 3.8) is 0 Å². The predicted molar refractivity (Wildman–Crippen MR) is 69.1 cm³/mol. The van der Waals surface area contributed by atoms with Crippen molar-refractivity contribution < 1.29 is 4.79 Å². The van der Waals surface area contributed by atoms with E-state index < -0.39 is 0 Å². The summed E-state index contributed by atoms with van der Waals surface area (Å²) in [6.45, 7) is 6.81. The smallest absolute Gasteiger partial charge is 0.220 e. The summed E-state index contributed by atoms with van der Waals surface area (Å²) in [4.78, 5) is 11.5. The third kappa shape index (κ3) is 6.23. The standard InChI is InChI=1S/C13H19NO.CH4/c1-13(2,3)9-12(15)14-10-11-7-5-4-6-8-11;/h4-8H,9-10H2,1-3H3,(H,14,15);1H4. The van der Waals surface area contributed by atoms with Crippen LogP contribution >= 0.6 is 0 Å². The van der Waals surface area contributed by atoms with Crippen molar-refractivity contribution >= 4 is 5.91 Å². The Morgan fingerprint density at radius 1 is 1.19 bits per heavy atom. The van der Waals surface area contributed by atoms with Crippen molar-refractivity contribution in [2.45, 2.75) is 41.2 Å². The van der Waals surface area contributed by atoms with Crippen LogP contribution in [0.15, 0.2) is 30.3 Å². The Morgan fingerprint density at radius 2 is 1.75 bits per heavy atom. The van der Waals surface area contributed by atoms with E-state index >= 15 is 0 Å². The van der Waals surface area contributed by atoms with Gasteiger partial charge in [0.05, 0.1) is 0 Å². The fraction of sp³-hybridized carbons (Fsp3) is 0.500. The molecule has 1 aromatic carbocycles. The minimum absolute atomic E-state index is 0. The lowest BCUT2D eigenvalue weighted by atomic mass is 9.92. The van der Waals surface area contributed by atoms with E-state index in [1.54, 1.807) is 0 Å². The molecular weight excluding hydrogens is 198 g/mol. The van der Waals surface area contributed by atoms with Gasteiger partial charge in [-0.05, 0) is 11.0 Å². The molecule has 0 atom stereocenters. The number of carbonyl (C=O) groups excluding carboxylic acids is 1. The van der Waals surface area contributed by atoms with Gasteiger partial charge in [0.2, 0.25) is 5.91 Å². The van der Waals surface area contributed by atoms with Gasteiger partial charge in [0, 0.05) is 13.0 Å². The van der Waals surface area contributed by atoms with Crippen LogP contribution < -0.4 is 5.32 Å². The average Bonchev–Trinajstić information content (AvgIpc) is 2.14. The van der Waals surface area contributed by atoms with Crippen molar-refractivity contribution in [3.8, 4) is 0 Å². The Bertz CT molecular complexity index is 311. The molecule has 2 nitrogen and oxygen atoms in total. The summed E-state index contributed by atoms with van der Waals surface area (Å²) >= 11 is 0. The van der Waals surface area contributed by atoms with E-state index in [4.69, 9.17) is 0 Å². The molecule has 0 saturated heterocycles. The Hall–Kier alpha value is -1.31. The van der Waals surface area contributed by atoms with Crippen LogP contribution in [0.5, 0.6) is 0 Å². The van der Waals surface area contributed by atoms with Crippen molar-refractivity contribution in [3.05, 3.63) is 35.9 Å². The maximum atomic E-state index is 11.5. The van der Waals surface area contributed by atoms with E-state index in [-0.39, 0.29) is 18.7 Å². The van der Waals surface area contributed by atoms with Gasteiger partial charge < -0.3 is 5.32 Å². The average molecular weight is 221 g/mol. The highest BCUT2D eigenvalue weighted by Crippen LogP contribution is 2.17. The van der Waals surface area contributed by atoms with E-state index in [1.807, 2.05) is 30.3 Å². The molecule has 0 radical (unpaired) electrons. The molecule has 0 unspecified atom stereocenters. The van der Waals surface area contributed by atoms with Gasteiger partial charge in [-0.1, -0.05) is 58.5 Å². The Kier molecular flexibility index (Phi) is 5.79. The summed E-state index contributed by atoms with van der Waals surface area (Å²) in [5.74, 6) is 0.117. The molecule has 1 aromatic rings. The van der Waals surface area contributed by atoms with Crippen LogP contribution in [0.25, 0.3) is 0 Å². The highest BCUT2D eigenvalue weighted by Gasteiger charge is 2.15. The molecule has 0 heterocycles. The molecule has 1 amide bonds. The first-order chi connectivity index (χ1) is 6.97. The van der Waals surface area contributed by atoms with Crippen molar-refractivity contribution in [1.29, 1.82) is 0 Å². The van der Waals surface area contributed by atoms with Gasteiger partial charge in [0.25, 0.3) is 0 Å². The molecule has 0 aromatic heterocycles. The molecule has 1 rings (SSSR count). The predicted octanol–water partition coefficient (Wildman–Crippen LogP) is 3.38. The fourth-order valence-corrected chi connectivity index (χ4v) is 1.34. The first-order valence-corrected chi connectivity index (χ1v) is 5.28. The first kappa shape index (κ1) is 14.7. The fourth-order valence-electron chi connectivity index (χ4n) is 1.34. The van der Waals surface area contributed by atoms with E-state index in [0.29, 0.717) is 13.0 Å². The van der Waals surface area contributed by atoms with Gasteiger partial charge in [-0.3, -0.25) is 4.79 Å². The summed E-state index contributed by atoms with van der Waals surface area (Å²) in [5, 5.41) is 2.92. The lowest BCUT2D eigenvalue weighted by Crippen LogP contribution is -2.27. The van der Waals surface area contributed by atoms with Gasteiger partial charge in [0.1, 0.15) is 0 Å². The molecule has 2 heteroatoms. The van der Waals surface area contributed by atoms with Gasteiger partial charge in [-0.25, -0.2) is 0 Å². The topological polar surface area (TPSA) is 29.1 Å². The number of amides is 1. The zero-order chi connectivity index (χ0) is 11.3. The monoisotopic (exact) mass is 221 g/mol. The molecule has 16 heavy (non-hydrogen) atoms. The molecule has 0 aliphatic carbocycles. The quantitative estimate of drug-likeness (QED) is 0.833. The lowest BCUT2D eigenvalue weighted by Gasteiger charge is -2.17. The van der Waals surface area contributed by atoms with E-state index in [0.717, 1.165) is 5.56 Å². The summed E-state index contributed by atoms with van der Waals surface area (Å²) in [5.41, 5.74) is 1.19. The molecule has 0 aliphatic rings. The number of nitrogens with one attached hydrogen (secondary N) is 1. The van der Waals surface area contributed by atoms with Crippen molar-refractivity contribution in [1.82, 2.24) is 5.32 Å². The molecule has 90 valence electrons. The largest absolute Gasteiger partial charge is 0.352 e. The van der Waals surface area contributed by atoms with Crippen molar-refractivity contribution in [2.24, 2.45) is 5.41 Å². The second-order valence-corrected chi connectivity index (χ2v) is 5.00. The zero-order valence-corrected chi connectivity index (χ0v) is 9.71. The molecule has 1 N–H and O–H groups in total. The molecule has 0 spiro atoms. The summed E-state index contributed by atoms with van der Waals surface area (Å²) in [6.07, 6.45) is 0.569. The lowest BCUT2D eigenvalue weighted by molar-refractivity contribution is -0.122. The minimum Gasteiger partial charge on any atom is -0.352 e. The van der Waals surface area contributed by atoms with Crippen molar-refractivity contribution in [2.75, 3.05) is 0 Å². The zero-order valence-electron chi connectivity index (χ0n) is 9.71. The van der Waals surface area contributed by atoms with E-state index in [9.17, 15) is 4.79 Å². The Morgan fingerprint density at radius 3 is 2.25 bits per heavy atom. The molecular formula is C14H23NO. The van der Waals surface area contributed by atoms with Gasteiger partial charge in [-0.15, -0.1) is 0 Å². The molecule has 0 fully saturated rings. The number of hydrogen-bond acceptors (Lipinski definition) is 1. The number of benzene rings is 1. The van der Waals surface area contributed by atoms with E-state index in [2.05, 4.69) is 26.1 Å². The Balaban J connectivity index is 0.00000225. The minimum atomic E-state index is 0. The first-order valence-electron chi connectivity index (χ1n) is 5.28. The van der Waals surface area contributed by atoms with Gasteiger partial charge in [0.15, 0.2) is 0 Å². The van der Waals surface area contributed by atoms with Gasteiger partial charge in [-0.2, -0.15) is 0 Å². The molecule has 0 bridgehead atoms. The number of rotatable bonds is 3. The van der Waals surface area contributed by atoms with Crippen LogP contribution in [-0.2, 0) is 11.3 Å². The highest BCUT2D eigenvalue weighted by atomic mass is 16.1. The third-order valence-electron chi connectivity index (χ3n) is 2.02. The Labute approximate surface area is 99.1 Å². The highest BCUT2D eigenvalue weighted by molar-refractivity contribution is 5.76. The van der Waals surface area contributed by atoms with Crippen LogP contribution in [0.3, 0.4) is 0 Å².